The molecule has 0 bridgehead atoms. The number of esters is 1. The molecule has 0 aliphatic carbocycles. The van der Waals surface area contributed by atoms with E-state index in [2.05, 4.69) is 6.58 Å². The Hall–Kier alpha value is -2.02. The Balaban J connectivity index is 2.59. The lowest BCUT2D eigenvalue weighted by Crippen LogP contribution is -2.11. The van der Waals surface area contributed by atoms with Gasteiger partial charge in [-0.05, 0) is 18.6 Å². The minimum Gasteiger partial charge on any atom is -0.423 e. The molecule has 1 rings (SSSR count). The van der Waals surface area contributed by atoms with Crippen LogP contribution in [-0.2, 0) is 9.36 Å². The van der Waals surface area contributed by atoms with Crippen molar-refractivity contribution in [2.75, 3.05) is 6.16 Å². The van der Waals surface area contributed by atoms with Crippen molar-refractivity contribution < 1.29 is 28.8 Å². The lowest BCUT2D eigenvalue weighted by Gasteiger charge is -2.07. The van der Waals surface area contributed by atoms with Crippen LogP contribution in [0.5, 0.6) is 5.75 Å². The summed E-state index contributed by atoms with van der Waals surface area (Å²) in [6.07, 6.45) is -0.697. The molecule has 0 amide bonds. The summed E-state index contributed by atoms with van der Waals surface area (Å²) < 4.78 is 15.5. The van der Waals surface area contributed by atoms with E-state index in [1.807, 2.05) is 0 Å². The third-order valence-electron chi connectivity index (χ3n) is 2.25. The Labute approximate surface area is 114 Å². The van der Waals surface area contributed by atoms with Crippen LogP contribution in [0, 0.1) is 10.1 Å². The largest absolute Gasteiger partial charge is 0.423 e. The molecular formula is C11H12NO7P. The van der Waals surface area contributed by atoms with E-state index >= 15 is 0 Å². The van der Waals surface area contributed by atoms with Gasteiger partial charge < -0.3 is 14.5 Å². The topological polar surface area (TPSA) is 127 Å². The van der Waals surface area contributed by atoms with Crippen LogP contribution in [0.4, 0.5) is 5.69 Å². The average molecular weight is 301 g/mol. The Morgan fingerprint density at radius 2 is 1.90 bits per heavy atom. The maximum absolute atomic E-state index is 11.5. The summed E-state index contributed by atoms with van der Waals surface area (Å²) in [5.41, 5.74) is -0.239. The molecule has 0 fully saturated rings. The Morgan fingerprint density at radius 1 is 1.35 bits per heavy atom. The zero-order valence-corrected chi connectivity index (χ0v) is 11.2. The average Bonchev–Trinajstić information content (AvgIpc) is 2.35. The van der Waals surface area contributed by atoms with Gasteiger partial charge in [-0.2, -0.15) is 0 Å². The first-order chi connectivity index (χ1) is 9.19. The second-order valence-electron chi connectivity index (χ2n) is 3.88. The molecule has 0 radical (unpaired) electrons. The number of carbonyl (C=O) groups excluding carboxylic acids is 1. The Morgan fingerprint density at radius 3 is 2.35 bits per heavy atom. The first-order valence-corrected chi connectivity index (χ1v) is 7.18. The summed E-state index contributed by atoms with van der Waals surface area (Å²) in [6, 6.07) is 4.82. The molecule has 0 saturated heterocycles. The van der Waals surface area contributed by atoms with E-state index in [9.17, 15) is 19.5 Å². The molecule has 2 N–H and O–H groups in total. The van der Waals surface area contributed by atoms with E-state index in [1.165, 1.54) is 24.3 Å². The zero-order chi connectivity index (χ0) is 15.3. The van der Waals surface area contributed by atoms with Gasteiger partial charge in [-0.3, -0.25) is 14.7 Å². The molecule has 1 aromatic rings. The summed E-state index contributed by atoms with van der Waals surface area (Å²) in [5, 5.41) is 10.4. The summed E-state index contributed by atoms with van der Waals surface area (Å²) in [5.74, 6) is -0.759. The highest BCUT2D eigenvalue weighted by atomic mass is 31.2. The van der Waals surface area contributed by atoms with Crippen molar-refractivity contribution in [3.8, 4) is 5.75 Å². The molecule has 0 aliphatic rings. The fourth-order valence-electron chi connectivity index (χ4n) is 1.20. The van der Waals surface area contributed by atoms with Gasteiger partial charge in [0.2, 0.25) is 0 Å². The second-order valence-corrected chi connectivity index (χ2v) is 5.66. The molecule has 0 atom stereocenters. The van der Waals surface area contributed by atoms with Gasteiger partial charge in [0.15, 0.2) is 0 Å². The first-order valence-electron chi connectivity index (χ1n) is 5.38. The third kappa shape index (κ3) is 5.31. The lowest BCUT2D eigenvalue weighted by atomic mass is 10.2. The van der Waals surface area contributed by atoms with Gasteiger partial charge in [-0.25, -0.2) is 4.79 Å². The highest BCUT2D eigenvalue weighted by molar-refractivity contribution is 7.51. The van der Waals surface area contributed by atoms with Crippen molar-refractivity contribution in [2.45, 2.75) is 6.42 Å². The molecule has 0 spiro atoms. The highest BCUT2D eigenvalue weighted by Gasteiger charge is 2.17. The highest BCUT2D eigenvalue weighted by Crippen LogP contribution is 2.36. The molecule has 9 heteroatoms. The summed E-state index contributed by atoms with van der Waals surface area (Å²) in [7, 11) is -4.20. The van der Waals surface area contributed by atoms with Crippen molar-refractivity contribution >= 4 is 19.3 Å². The summed E-state index contributed by atoms with van der Waals surface area (Å²) >= 11 is 0. The summed E-state index contributed by atoms with van der Waals surface area (Å²) in [6.45, 7) is 3.37. The smallest absolute Gasteiger partial charge is 0.338 e. The van der Waals surface area contributed by atoms with Crippen molar-refractivity contribution in [3.63, 3.8) is 0 Å². The van der Waals surface area contributed by atoms with Crippen LogP contribution in [0.3, 0.4) is 0 Å². The number of carbonyl (C=O) groups is 1. The fraction of sp³-hybridized carbons (Fsp3) is 0.182. The van der Waals surface area contributed by atoms with Crippen LogP contribution >= 0.6 is 7.60 Å². The van der Waals surface area contributed by atoms with Crippen LogP contribution in [0.1, 0.15) is 6.42 Å². The number of rotatable bonds is 6. The van der Waals surface area contributed by atoms with Gasteiger partial charge in [0, 0.05) is 17.7 Å². The lowest BCUT2D eigenvalue weighted by molar-refractivity contribution is -0.384. The van der Waals surface area contributed by atoms with Gasteiger partial charge in [-0.1, -0.05) is 6.58 Å². The number of nitro benzene ring substituents is 1. The third-order valence-corrected chi connectivity index (χ3v) is 3.06. The van der Waals surface area contributed by atoms with Crippen molar-refractivity contribution in [3.05, 3.63) is 46.5 Å². The molecule has 0 saturated carbocycles. The van der Waals surface area contributed by atoms with E-state index in [4.69, 9.17) is 14.5 Å². The number of nitrogens with zero attached hydrogens (tertiary/aromatic N) is 1. The summed E-state index contributed by atoms with van der Waals surface area (Å²) in [4.78, 5) is 38.7. The number of ether oxygens (including phenoxy) is 1. The zero-order valence-electron chi connectivity index (χ0n) is 10.3. The van der Waals surface area contributed by atoms with Crippen LogP contribution in [-0.4, -0.2) is 26.8 Å². The predicted octanol–water partition coefficient (Wildman–Crippen LogP) is 1.62. The van der Waals surface area contributed by atoms with Crippen molar-refractivity contribution in [2.24, 2.45) is 0 Å². The van der Waals surface area contributed by atoms with Crippen LogP contribution in [0.2, 0.25) is 0 Å². The maximum Gasteiger partial charge on any atom is 0.338 e. The van der Waals surface area contributed by atoms with Gasteiger partial charge in [0.25, 0.3) is 5.69 Å². The van der Waals surface area contributed by atoms with Crippen LogP contribution in [0.15, 0.2) is 36.4 Å². The van der Waals surface area contributed by atoms with E-state index in [-0.39, 0.29) is 23.4 Å². The molecule has 1 aromatic carbocycles. The van der Waals surface area contributed by atoms with Crippen molar-refractivity contribution in [1.82, 2.24) is 0 Å². The fourth-order valence-corrected chi connectivity index (χ4v) is 1.76. The minimum absolute atomic E-state index is 0.0814. The van der Waals surface area contributed by atoms with Gasteiger partial charge in [-0.15, -0.1) is 0 Å². The SMILES string of the molecule is C=C(CCP(=O)(O)O)C(=O)Oc1ccc([N+](=O)[O-])cc1. The number of hydrogen-bond donors (Lipinski definition) is 2. The predicted molar refractivity (Wildman–Crippen MR) is 69.4 cm³/mol. The monoisotopic (exact) mass is 301 g/mol. The van der Waals surface area contributed by atoms with Crippen molar-refractivity contribution in [1.29, 1.82) is 0 Å². The standard InChI is InChI=1S/C11H12NO7P/c1-8(6-7-20(16,17)18)11(13)19-10-4-2-9(3-5-10)12(14)15/h2-5H,1,6-7H2,(H2,16,17,18). The van der Waals surface area contributed by atoms with E-state index in [0.717, 1.165) is 0 Å². The van der Waals surface area contributed by atoms with Gasteiger partial charge in [0.05, 0.1) is 11.1 Å². The Bertz CT molecular complexity index is 575. The maximum atomic E-state index is 11.5. The second kappa shape index (κ2) is 6.42. The molecule has 0 aliphatic heterocycles. The van der Waals surface area contributed by atoms with Gasteiger partial charge in [0.1, 0.15) is 5.75 Å². The molecule has 0 heterocycles. The number of non-ortho nitro benzene ring substituents is 1. The normalized spacial score (nSPS) is 10.9. The van der Waals surface area contributed by atoms with E-state index < -0.39 is 24.7 Å². The van der Waals surface area contributed by atoms with Gasteiger partial charge >= 0.3 is 13.6 Å². The molecule has 0 aromatic heterocycles. The molecule has 0 unspecified atom stereocenters. The van der Waals surface area contributed by atoms with Crippen LogP contribution < -0.4 is 4.74 Å². The molecule has 8 nitrogen and oxygen atoms in total. The molecule has 108 valence electrons. The minimum atomic E-state index is -4.20. The number of benzene rings is 1. The number of hydrogen-bond acceptors (Lipinski definition) is 5. The first kappa shape index (κ1) is 16.0. The molecule has 20 heavy (non-hydrogen) atoms. The Kier molecular flexibility index (Phi) is 5.15. The van der Waals surface area contributed by atoms with E-state index in [0.29, 0.717) is 0 Å². The quantitative estimate of drug-likeness (QED) is 0.204. The van der Waals surface area contributed by atoms with Crippen LogP contribution in [0.25, 0.3) is 0 Å². The van der Waals surface area contributed by atoms with E-state index in [1.54, 1.807) is 0 Å². The molecular weight excluding hydrogens is 289 g/mol. The number of nitro groups is 1.